The van der Waals surface area contributed by atoms with Gasteiger partial charge in [0.25, 0.3) is 5.91 Å². The van der Waals surface area contributed by atoms with Crippen LogP contribution in [-0.4, -0.2) is 28.4 Å². The summed E-state index contributed by atoms with van der Waals surface area (Å²) in [6.45, 7) is 0.774. The first-order chi connectivity index (χ1) is 10.6. The van der Waals surface area contributed by atoms with Crippen LogP contribution in [0.3, 0.4) is 0 Å². The number of benzene rings is 1. The van der Waals surface area contributed by atoms with Crippen LogP contribution in [0.25, 0.3) is 0 Å². The molecule has 1 N–H and O–H groups in total. The van der Waals surface area contributed by atoms with Crippen LogP contribution >= 0.6 is 15.9 Å². The molecule has 0 atom stereocenters. The molecule has 0 aliphatic rings. The van der Waals surface area contributed by atoms with Gasteiger partial charge >= 0.3 is 5.97 Å². The highest BCUT2D eigenvalue weighted by Gasteiger charge is 2.19. The number of carbonyl (C=O) groups is 2. The summed E-state index contributed by atoms with van der Waals surface area (Å²) in [6.07, 6.45) is 0.427. The van der Waals surface area contributed by atoms with Gasteiger partial charge in [-0.3, -0.25) is 9.59 Å². The van der Waals surface area contributed by atoms with E-state index >= 15 is 0 Å². The number of carboxylic acids is 1. The van der Waals surface area contributed by atoms with Crippen LogP contribution < -0.4 is 0 Å². The second-order valence-electron chi connectivity index (χ2n) is 4.81. The van der Waals surface area contributed by atoms with Gasteiger partial charge in [-0.2, -0.15) is 0 Å². The highest BCUT2D eigenvalue weighted by molar-refractivity contribution is 9.10. The molecular formula is C16H16BrNO4. The molecule has 0 saturated heterocycles. The molecular weight excluding hydrogens is 350 g/mol. The van der Waals surface area contributed by atoms with Gasteiger partial charge in [0, 0.05) is 19.5 Å². The molecule has 0 bridgehead atoms. The Morgan fingerprint density at radius 2 is 1.86 bits per heavy atom. The number of furan rings is 1. The topological polar surface area (TPSA) is 70.8 Å². The molecule has 0 radical (unpaired) electrons. The quantitative estimate of drug-likeness (QED) is 0.814. The predicted octanol–water partition coefficient (Wildman–Crippen LogP) is 3.55. The van der Waals surface area contributed by atoms with Gasteiger partial charge in [-0.05, 0) is 40.0 Å². The lowest BCUT2D eigenvalue weighted by atomic mass is 10.2. The average Bonchev–Trinajstić information content (AvgIpc) is 2.93. The van der Waals surface area contributed by atoms with E-state index in [0.29, 0.717) is 24.2 Å². The fourth-order valence-electron chi connectivity index (χ4n) is 2.06. The number of carbonyl (C=O) groups excluding carboxylic acids is 1. The van der Waals surface area contributed by atoms with E-state index in [2.05, 4.69) is 15.9 Å². The Labute approximate surface area is 136 Å². The third-order valence-electron chi connectivity index (χ3n) is 3.11. The van der Waals surface area contributed by atoms with Crippen molar-refractivity contribution in [2.75, 3.05) is 6.54 Å². The summed E-state index contributed by atoms with van der Waals surface area (Å²) >= 11 is 3.17. The van der Waals surface area contributed by atoms with E-state index in [1.165, 1.54) is 0 Å². The molecule has 116 valence electrons. The van der Waals surface area contributed by atoms with Crippen LogP contribution in [0, 0.1) is 0 Å². The molecule has 0 saturated carbocycles. The molecule has 6 heteroatoms. The molecule has 1 aromatic heterocycles. The number of carboxylic acid groups (broad SMARTS) is 1. The summed E-state index contributed by atoms with van der Waals surface area (Å²) in [5.41, 5.74) is 0.983. The molecule has 5 nitrogen and oxygen atoms in total. The third kappa shape index (κ3) is 4.73. The molecule has 0 fully saturated rings. The average molecular weight is 366 g/mol. The van der Waals surface area contributed by atoms with E-state index < -0.39 is 5.97 Å². The van der Waals surface area contributed by atoms with E-state index in [4.69, 9.17) is 9.52 Å². The van der Waals surface area contributed by atoms with Crippen LogP contribution in [0.15, 0.2) is 51.6 Å². The van der Waals surface area contributed by atoms with Crippen molar-refractivity contribution in [1.29, 1.82) is 0 Å². The lowest BCUT2D eigenvalue weighted by molar-refractivity contribution is -0.137. The van der Waals surface area contributed by atoms with Crippen molar-refractivity contribution in [1.82, 2.24) is 4.90 Å². The van der Waals surface area contributed by atoms with E-state index in [0.717, 1.165) is 5.56 Å². The van der Waals surface area contributed by atoms with Crippen molar-refractivity contribution in [3.8, 4) is 0 Å². The number of rotatable bonds is 7. The van der Waals surface area contributed by atoms with Gasteiger partial charge in [-0.25, -0.2) is 0 Å². The van der Waals surface area contributed by atoms with Gasteiger partial charge < -0.3 is 14.4 Å². The fourth-order valence-corrected chi connectivity index (χ4v) is 2.37. The second kappa shape index (κ2) is 7.79. The normalized spacial score (nSPS) is 10.4. The Morgan fingerprint density at radius 3 is 2.45 bits per heavy atom. The second-order valence-corrected chi connectivity index (χ2v) is 5.59. The first kappa shape index (κ1) is 16.3. The molecule has 0 unspecified atom stereocenters. The molecule has 0 aliphatic heterocycles. The van der Waals surface area contributed by atoms with Crippen molar-refractivity contribution in [3.05, 3.63) is 58.5 Å². The van der Waals surface area contributed by atoms with Crippen molar-refractivity contribution < 1.29 is 19.1 Å². The minimum Gasteiger partial charge on any atom is -0.481 e. The first-order valence-electron chi connectivity index (χ1n) is 6.86. The maximum atomic E-state index is 12.5. The van der Waals surface area contributed by atoms with E-state index in [-0.39, 0.29) is 18.1 Å². The molecule has 22 heavy (non-hydrogen) atoms. The van der Waals surface area contributed by atoms with E-state index in [9.17, 15) is 9.59 Å². The van der Waals surface area contributed by atoms with E-state index in [1.54, 1.807) is 17.0 Å². The van der Waals surface area contributed by atoms with Gasteiger partial charge in [-0.1, -0.05) is 30.3 Å². The number of aliphatic carboxylic acids is 1. The summed E-state index contributed by atoms with van der Waals surface area (Å²) in [7, 11) is 0. The molecule has 1 heterocycles. The summed E-state index contributed by atoms with van der Waals surface area (Å²) < 4.78 is 5.79. The monoisotopic (exact) mass is 365 g/mol. The van der Waals surface area contributed by atoms with Crippen molar-refractivity contribution in [2.45, 2.75) is 19.4 Å². The number of hydrogen-bond donors (Lipinski definition) is 1. The van der Waals surface area contributed by atoms with Crippen LogP contribution in [0.2, 0.25) is 0 Å². The van der Waals surface area contributed by atoms with Crippen LogP contribution in [0.4, 0.5) is 0 Å². The zero-order valence-electron chi connectivity index (χ0n) is 11.9. The third-order valence-corrected chi connectivity index (χ3v) is 3.53. The van der Waals surface area contributed by atoms with Gasteiger partial charge in [0.15, 0.2) is 10.4 Å². The summed E-state index contributed by atoms with van der Waals surface area (Å²) in [5.74, 6) is -0.883. The molecule has 1 amide bonds. The SMILES string of the molecule is O=C(O)CCCN(Cc1ccccc1)C(=O)c1ccc(Br)o1. The first-order valence-corrected chi connectivity index (χ1v) is 7.66. The summed E-state index contributed by atoms with van der Waals surface area (Å²) in [4.78, 5) is 24.8. The molecule has 0 spiro atoms. The van der Waals surface area contributed by atoms with Crippen molar-refractivity contribution >= 4 is 27.8 Å². The lowest BCUT2D eigenvalue weighted by Gasteiger charge is -2.21. The standard InChI is InChI=1S/C16H16BrNO4/c17-14-9-8-13(22-14)16(21)18(10-4-7-15(19)20)11-12-5-2-1-3-6-12/h1-3,5-6,8-9H,4,7,10-11H2,(H,19,20). The molecule has 0 aliphatic carbocycles. The highest BCUT2D eigenvalue weighted by atomic mass is 79.9. The van der Waals surface area contributed by atoms with Gasteiger partial charge in [-0.15, -0.1) is 0 Å². The zero-order chi connectivity index (χ0) is 15.9. The Bertz CT molecular complexity index is 639. The fraction of sp³-hybridized carbons (Fsp3) is 0.250. The molecule has 2 rings (SSSR count). The van der Waals surface area contributed by atoms with Crippen LogP contribution in [0.5, 0.6) is 0 Å². The minimum absolute atomic E-state index is 0.0282. The Kier molecular flexibility index (Phi) is 5.77. The predicted molar refractivity (Wildman–Crippen MR) is 84.5 cm³/mol. The zero-order valence-corrected chi connectivity index (χ0v) is 13.5. The Balaban J connectivity index is 2.09. The maximum Gasteiger partial charge on any atom is 0.303 e. The lowest BCUT2D eigenvalue weighted by Crippen LogP contribution is -2.31. The van der Waals surface area contributed by atoms with Crippen LogP contribution in [0.1, 0.15) is 29.0 Å². The highest BCUT2D eigenvalue weighted by Crippen LogP contribution is 2.17. The van der Waals surface area contributed by atoms with Crippen LogP contribution in [-0.2, 0) is 11.3 Å². The maximum absolute atomic E-state index is 12.5. The Morgan fingerprint density at radius 1 is 1.14 bits per heavy atom. The largest absolute Gasteiger partial charge is 0.481 e. The number of hydrogen-bond acceptors (Lipinski definition) is 3. The minimum atomic E-state index is -0.868. The summed E-state index contributed by atoms with van der Waals surface area (Å²) in [5, 5.41) is 8.75. The summed E-state index contributed by atoms with van der Waals surface area (Å²) in [6, 6.07) is 12.8. The van der Waals surface area contributed by atoms with Gasteiger partial charge in [0.1, 0.15) is 0 Å². The molecule has 1 aromatic carbocycles. The van der Waals surface area contributed by atoms with Crippen molar-refractivity contribution in [2.24, 2.45) is 0 Å². The van der Waals surface area contributed by atoms with Crippen molar-refractivity contribution in [3.63, 3.8) is 0 Å². The van der Waals surface area contributed by atoms with E-state index in [1.807, 2.05) is 30.3 Å². The molecule has 2 aromatic rings. The number of halogens is 1. The Hall–Kier alpha value is -2.08. The number of amides is 1. The van der Waals surface area contributed by atoms with Gasteiger partial charge in [0.2, 0.25) is 0 Å². The number of nitrogens with zero attached hydrogens (tertiary/aromatic N) is 1. The van der Waals surface area contributed by atoms with Gasteiger partial charge in [0.05, 0.1) is 0 Å². The smallest absolute Gasteiger partial charge is 0.303 e.